The molecule has 7 heteroatoms. The maximum absolute atomic E-state index is 11.9. The van der Waals surface area contributed by atoms with Gasteiger partial charge < -0.3 is 19.3 Å². The van der Waals surface area contributed by atoms with Crippen LogP contribution in [0.4, 0.5) is 9.59 Å². The topological polar surface area (TPSA) is 62.3 Å². The highest BCUT2D eigenvalue weighted by Gasteiger charge is 2.23. The molecule has 0 saturated carbocycles. The number of amides is 2. The fraction of sp³-hybridized carbons (Fsp3) is 0.867. The Balaban J connectivity index is 1.61. The molecule has 7 nitrogen and oxygen atoms in total. The molecule has 1 unspecified atom stereocenters. The lowest BCUT2D eigenvalue weighted by Gasteiger charge is -2.34. The molecule has 2 amide bonds. The number of piperazine rings is 1. The van der Waals surface area contributed by atoms with Crippen molar-refractivity contribution in [1.82, 2.24) is 14.7 Å². The summed E-state index contributed by atoms with van der Waals surface area (Å²) in [5.41, 5.74) is 0. The number of ether oxygens (including phenoxy) is 2. The molecule has 2 saturated heterocycles. The zero-order valence-electron chi connectivity index (χ0n) is 13.6. The summed E-state index contributed by atoms with van der Waals surface area (Å²) in [5, 5.41) is 0. The van der Waals surface area contributed by atoms with E-state index in [1.54, 1.807) is 9.80 Å². The average molecular weight is 313 g/mol. The summed E-state index contributed by atoms with van der Waals surface area (Å²) < 4.78 is 10.2. The lowest BCUT2D eigenvalue weighted by atomic mass is 10.2. The maximum Gasteiger partial charge on any atom is 0.410 e. The number of carbonyl (C=O) groups excluding carboxylic acids is 2. The minimum atomic E-state index is -0.257. The van der Waals surface area contributed by atoms with Crippen molar-refractivity contribution >= 4 is 12.2 Å². The molecule has 0 aromatic rings. The molecule has 0 aromatic heterocycles. The summed E-state index contributed by atoms with van der Waals surface area (Å²) in [6.07, 6.45) is 2.46. The molecule has 0 radical (unpaired) electrons. The summed E-state index contributed by atoms with van der Waals surface area (Å²) in [4.78, 5) is 29.1. The highest BCUT2D eigenvalue weighted by atomic mass is 16.6. The van der Waals surface area contributed by atoms with Gasteiger partial charge in [0.2, 0.25) is 0 Å². The SMILES string of the molecule is COC(=O)N1CCN(CCC(C)OC(=O)N2CCCC2)CC1. The smallest absolute Gasteiger partial charge is 0.410 e. The monoisotopic (exact) mass is 313 g/mol. The van der Waals surface area contributed by atoms with Crippen molar-refractivity contribution in [2.75, 3.05) is 52.9 Å². The number of nitrogens with zero attached hydrogens (tertiary/aromatic N) is 3. The molecule has 1 atom stereocenters. The van der Waals surface area contributed by atoms with Gasteiger partial charge in [0.25, 0.3) is 0 Å². The first-order chi connectivity index (χ1) is 10.6. The van der Waals surface area contributed by atoms with E-state index in [1.807, 2.05) is 6.92 Å². The van der Waals surface area contributed by atoms with Crippen molar-refractivity contribution in [1.29, 1.82) is 0 Å². The van der Waals surface area contributed by atoms with Gasteiger partial charge in [-0.3, -0.25) is 4.90 Å². The van der Waals surface area contributed by atoms with Crippen LogP contribution >= 0.6 is 0 Å². The van der Waals surface area contributed by atoms with Gasteiger partial charge >= 0.3 is 12.2 Å². The molecule has 2 fully saturated rings. The van der Waals surface area contributed by atoms with Crippen molar-refractivity contribution in [2.24, 2.45) is 0 Å². The Morgan fingerprint density at radius 3 is 2.14 bits per heavy atom. The van der Waals surface area contributed by atoms with Crippen LogP contribution in [-0.4, -0.2) is 85.9 Å². The number of likely N-dealkylation sites (tertiary alicyclic amines) is 1. The lowest BCUT2D eigenvalue weighted by Crippen LogP contribution is -2.49. The first-order valence-corrected chi connectivity index (χ1v) is 8.11. The number of methoxy groups -OCH3 is 1. The van der Waals surface area contributed by atoms with Crippen LogP contribution in [0.25, 0.3) is 0 Å². The van der Waals surface area contributed by atoms with Gasteiger partial charge in [0.05, 0.1) is 7.11 Å². The van der Waals surface area contributed by atoms with E-state index in [1.165, 1.54) is 7.11 Å². The van der Waals surface area contributed by atoms with E-state index < -0.39 is 0 Å². The standard InChI is InChI=1S/C15H27N3O4/c1-13(22-15(20)17-6-3-4-7-17)5-8-16-9-11-18(12-10-16)14(19)21-2/h13H,3-12H2,1-2H3. The minimum Gasteiger partial charge on any atom is -0.453 e. The molecule has 0 aliphatic carbocycles. The molecule has 0 bridgehead atoms. The van der Waals surface area contributed by atoms with Gasteiger partial charge in [-0.15, -0.1) is 0 Å². The Hall–Kier alpha value is -1.50. The molecule has 0 N–H and O–H groups in total. The second kappa shape index (κ2) is 8.22. The fourth-order valence-electron chi connectivity index (χ4n) is 2.85. The Labute approximate surface area is 132 Å². The van der Waals surface area contributed by atoms with E-state index in [-0.39, 0.29) is 18.3 Å². The van der Waals surface area contributed by atoms with Crippen molar-refractivity contribution in [3.05, 3.63) is 0 Å². The quantitative estimate of drug-likeness (QED) is 0.785. The van der Waals surface area contributed by atoms with Gasteiger partial charge in [0.15, 0.2) is 0 Å². The van der Waals surface area contributed by atoms with E-state index in [9.17, 15) is 9.59 Å². The summed E-state index contributed by atoms with van der Waals surface area (Å²) in [6.45, 7) is 7.51. The predicted molar refractivity (Wildman–Crippen MR) is 81.8 cm³/mol. The predicted octanol–water partition coefficient (Wildman–Crippen LogP) is 1.38. The number of hydrogen-bond acceptors (Lipinski definition) is 5. The van der Waals surface area contributed by atoms with Crippen molar-refractivity contribution < 1.29 is 19.1 Å². The Bertz CT molecular complexity index is 377. The molecular formula is C15H27N3O4. The average Bonchev–Trinajstić information content (AvgIpc) is 3.07. The van der Waals surface area contributed by atoms with E-state index in [0.29, 0.717) is 13.1 Å². The number of carbonyl (C=O) groups is 2. The molecule has 2 aliphatic heterocycles. The second-order valence-electron chi connectivity index (χ2n) is 5.98. The zero-order valence-corrected chi connectivity index (χ0v) is 13.6. The highest BCUT2D eigenvalue weighted by molar-refractivity contribution is 5.68. The van der Waals surface area contributed by atoms with Gasteiger partial charge in [0, 0.05) is 45.8 Å². The molecule has 0 aromatic carbocycles. The van der Waals surface area contributed by atoms with Crippen LogP contribution in [0.1, 0.15) is 26.2 Å². The van der Waals surface area contributed by atoms with Crippen LogP contribution in [0.2, 0.25) is 0 Å². The number of rotatable bonds is 4. The molecule has 126 valence electrons. The minimum absolute atomic E-state index is 0.0771. The molecular weight excluding hydrogens is 286 g/mol. The van der Waals surface area contributed by atoms with Gasteiger partial charge in [0.1, 0.15) is 6.10 Å². The van der Waals surface area contributed by atoms with Crippen molar-refractivity contribution in [3.8, 4) is 0 Å². The summed E-state index contributed by atoms with van der Waals surface area (Å²) >= 11 is 0. The van der Waals surface area contributed by atoms with Gasteiger partial charge in [-0.2, -0.15) is 0 Å². The van der Waals surface area contributed by atoms with Gasteiger partial charge in [-0.1, -0.05) is 0 Å². The lowest BCUT2D eigenvalue weighted by molar-refractivity contribution is 0.0584. The third-order valence-electron chi connectivity index (χ3n) is 4.32. The molecule has 0 spiro atoms. The Kier molecular flexibility index (Phi) is 6.30. The van der Waals surface area contributed by atoms with E-state index in [0.717, 1.165) is 52.0 Å². The van der Waals surface area contributed by atoms with Crippen LogP contribution < -0.4 is 0 Å². The van der Waals surface area contributed by atoms with Gasteiger partial charge in [-0.25, -0.2) is 9.59 Å². The van der Waals surface area contributed by atoms with E-state index >= 15 is 0 Å². The van der Waals surface area contributed by atoms with Crippen LogP contribution in [0.3, 0.4) is 0 Å². The van der Waals surface area contributed by atoms with Crippen molar-refractivity contribution in [2.45, 2.75) is 32.3 Å². The molecule has 2 heterocycles. The van der Waals surface area contributed by atoms with Crippen LogP contribution in [0.15, 0.2) is 0 Å². The molecule has 22 heavy (non-hydrogen) atoms. The highest BCUT2D eigenvalue weighted by Crippen LogP contribution is 2.12. The summed E-state index contributed by atoms with van der Waals surface area (Å²) in [7, 11) is 1.41. The summed E-state index contributed by atoms with van der Waals surface area (Å²) in [5.74, 6) is 0. The fourth-order valence-corrected chi connectivity index (χ4v) is 2.85. The third kappa shape index (κ3) is 4.76. The van der Waals surface area contributed by atoms with Crippen LogP contribution in [0, 0.1) is 0 Å². The largest absolute Gasteiger partial charge is 0.453 e. The zero-order chi connectivity index (χ0) is 15.9. The summed E-state index contributed by atoms with van der Waals surface area (Å²) in [6, 6.07) is 0. The molecule has 2 rings (SSSR count). The van der Waals surface area contributed by atoms with Gasteiger partial charge in [-0.05, 0) is 26.2 Å². The molecule has 2 aliphatic rings. The van der Waals surface area contributed by atoms with E-state index in [4.69, 9.17) is 9.47 Å². The number of hydrogen-bond donors (Lipinski definition) is 0. The Morgan fingerprint density at radius 1 is 0.955 bits per heavy atom. The van der Waals surface area contributed by atoms with Crippen molar-refractivity contribution in [3.63, 3.8) is 0 Å². The van der Waals surface area contributed by atoms with Crippen LogP contribution in [0.5, 0.6) is 0 Å². The van der Waals surface area contributed by atoms with Crippen LogP contribution in [-0.2, 0) is 9.47 Å². The van der Waals surface area contributed by atoms with E-state index in [2.05, 4.69) is 4.90 Å². The normalized spacial score (nSPS) is 20.8. The first-order valence-electron chi connectivity index (χ1n) is 8.11. The first kappa shape index (κ1) is 16.9. The maximum atomic E-state index is 11.9. The Morgan fingerprint density at radius 2 is 1.55 bits per heavy atom. The second-order valence-corrected chi connectivity index (χ2v) is 5.98. The third-order valence-corrected chi connectivity index (χ3v) is 4.32.